The molecule has 0 saturated carbocycles. The molecular weight excluding hydrogens is 326 g/mol. The van der Waals surface area contributed by atoms with Crippen molar-refractivity contribution < 1.29 is 9.53 Å². The number of carbonyl (C=O) groups excluding carboxylic acids is 1. The van der Waals surface area contributed by atoms with Crippen LogP contribution in [0.1, 0.15) is 36.3 Å². The van der Waals surface area contributed by atoms with Crippen LogP contribution in [-0.2, 0) is 4.74 Å². The second kappa shape index (κ2) is 8.11. The van der Waals surface area contributed by atoms with E-state index in [1.807, 2.05) is 35.2 Å². The molecule has 0 radical (unpaired) electrons. The summed E-state index contributed by atoms with van der Waals surface area (Å²) in [5, 5.41) is 9.28. The van der Waals surface area contributed by atoms with Gasteiger partial charge in [0.2, 0.25) is 0 Å². The first kappa shape index (κ1) is 18.1. The first-order valence-corrected chi connectivity index (χ1v) is 8.94. The molecular formula is C21H23N3O2. The Balaban J connectivity index is 1.89. The molecule has 1 atom stereocenters. The van der Waals surface area contributed by atoms with Crippen LogP contribution in [0.25, 0.3) is 11.1 Å². The van der Waals surface area contributed by atoms with Crippen LogP contribution in [0.5, 0.6) is 0 Å². The minimum Gasteiger partial charge on any atom is -0.377 e. The quantitative estimate of drug-likeness (QED) is 0.847. The van der Waals surface area contributed by atoms with Crippen molar-refractivity contribution in [2.75, 3.05) is 19.8 Å². The molecule has 1 amide bonds. The molecule has 5 heteroatoms. The smallest absolute Gasteiger partial charge is 0.254 e. The van der Waals surface area contributed by atoms with Crippen molar-refractivity contribution in [3.05, 3.63) is 53.9 Å². The number of pyridine rings is 1. The summed E-state index contributed by atoms with van der Waals surface area (Å²) in [6, 6.07) is 13.3. The fourth-order valence-corrected chi connectivity index (χ4v) is 3.37. The van der Waals surface area contributed by atoms with Crippen molar-refractivity contribution in [3.8, 4) is 17.2 Å². The summed E-state index contributed by atoms with van der Waals surface area (Å²) < 4.78 is 5.58. The molecule has 0 unspecified atom stereocenters. The van der Waals surface area contributed by atoms with Crippen molar-refractivity contribution in [1.82, 2.24) is 9.88 Å². The molecule has 3 rings (SSSR count). The molecule has 0 spiro atoms. The van der Waals surface area contributed by atoms with Gasteiger partial charge in [0.05, 0.1) is 19.3 Å². The molecule has 2 aromatic rings. The van der Waals surface area contributed by atoms with E-state index in [-0.39, 0.29) is 11.9 Å². The van der Waals surface area contributed by atoms with E-state index < -0.39 is 0 Å². The Kier molecular flexibility index (Phi) is 5.65. The van der Waals surface area contributed by atoms with E-state index >= 15 is 0 Å². The van der Waals surface area contributed by atoms with Crippen LogP contribution < -0.4 is 0 Å². The Morgan fingerprint density at radius 2 is 2.23 bits per heavy atom. The highest BCUT2D eigenvalue weighted by molar-refractivity contribution is 5.96. The number of ether oxygens (including phenoxy) is 1. The molecule has 0 bridgehead atoms. The monoisotopic (exact) mass is 349 g/mol. The molecule has 0 N–H and O–H groups in total. The molecule has 26 heavy (non-hydrogen) atoms. The molecule has 1 aromatic carbocycles. The van der Waals surface area contributed by atoms with Crippen molar-refractivity contribution in [3.63, 3.8) is 0 Å². The number of hydrogen-bond donors (Lipinski definition) is 0. The Bertz CT molecular complexity index is 826. The predicted octanol–water partition coefficient (Wildman–Crippen LogP) is 3.51. The standard InChI is InChI=1S/C21H23N3O2/c1-15(2)11-18-14-26-10-9-24(18)21(25)17-6-3-5-16(12-17)19-7-4-8-23-20(19)13-22/h3-8,12,15,18H,9-11,14H2,1-2H3/t18-/m0/s1. The van der Waals surface area contributed by atoms with Gasteiger partial charge in [-0.05, 0) is 42.2 Å². The first-order valence-electron chi connectivity index (χ1n) is 8.94. The second-order valence-corrected chi connectivity index (χ2v) is 6.95. The van der Waals surface area contributed by atoms with Crippen LogP contribution in [0.2, 0.25) is 0 Å². The van der Waals surface area contributed by atoms with E-state index in [4.69, 9.17) is 4.74 Å². The van der Waals surface area contributed by atoms with Gasteiger partial charge in [0, 0.05) is 23.9 Å². The Hall–Kier alpha value is -2.71. The maximum Gasteiger partial charge on any atom is 0.254 e. The van der Waals surface area contributed by atoms with Crippen molar-refractivity contribution >= 4 is 5.91 Å². The number of nitrogens with zero attached hydrogens (tertiary/aromatic N) is 3. The summed E-state index contributed by atoms with van der Waals surface area (Å²) in [6.45, 7) is 6.08. The summed E-state index contributed by atoms with van der Waals surface area (Å²) in [6.07, 6.45) is 2.52. The third-order valence-corrected chi connectivity index (χ3v) is 4.57. The summed E-state index contributed by atoms with van der Waals surface area (Å²) in [4.78, 5) is 19.2. The highest BCUT2D eigenvalue weighted by Crippen LogP contribution is 2.25. The number of hydrogen-bond acceptors (Lipinski definition) is 4. The number of carbonyl (C=O) groups is 1. The summed E-state index contributed by atoms with van der Waals surface area (Å²) in [5.74, 6) is 0.514. The van der Waals surface area contributed by atoms with Crippen LogP contribution in [0.3, 0.4) is 0 Å². The van der Waals surface area contributed by atoms with Crippen molar-refractivity contribution in [1.29, 1.82) is 5.26 Å². The molecule has 1 aliphatic rings. The van der Waals surface area contributed by atoms with E-state index in [0.29, 0.717) is 36.9 Å². The van der Waals surface area contributed by atoms with Crippen LogP contribution in [0.4, 0.5) is 0 Å². The zero-order chi connectivity index (χ0) is 18.5. The predicted molar refractivity (Wildman–Crippen MR) is 99.5 cm³/mol. The van der Waals surface area contributed by atoms with E-state index in [0.717, 1.165) is 17.5 Å². The third-order valence-electron chi connectivity index (χ3n) is 4.57. The summed E-state index contributed by atoms with van der Waals surface area (Å²) in [7, 11) is 0. The number of amides is 1. The molecule has 1 fully saturated rings. The molecule has 1 aliphatic heterocycles. The number of aromatic nitrogens is 1. The first-order chi connectivity index (χ1) is 12.6. The highest BCUT2D eigenvalue weighted by Gasteiger charge is 2.28. The molecule has 5 nitrogen and oxygen atoms in total. The lowest BCUT2D eigenvalue weighted by atomic mass is 9.99. The summed E-state index contributed by atoms with van der Waals surface area (Å²) in [5.41, 5.74) is 2.56. The van der Waals surface area contributed by atoms with Crippen LogP contribution in [0, 0.1) is 17.2 Å². The minimum atomic E-state index is 0.0168. The van der Waals surface area contributed by atoms with Gasteiger partial charge in [-0.2, -0.15) is 5.26 Å². The second-order valence-electron chi connectivity index (χ2n) is 6.95. The van der Waals surface area contributed by atoms with Gasteiger partial charge in [0.1, 0.15) is 11.8 Å². The van der Waals surface area contributed by atoms with Gasteiger partial charge in [-0.15, -0.1) is 0 Å². The van der Waals surface area contributed by atoms with Gasteiger partial charge >= 0.3 is 0 Å². The molecule has 2 heterocycles. The lowest BCUT2D eigenvalue weighted by Gasteiger charge is -2.36. The van der Waals surface area contributed by atoms with Gasteiger partial charge in [0.25, 0.3) is 5.91 Å². The third kappa shape index (κ3) is 3.92. The Morgan fingerprint density at radius 3 is 3.00 bits per heavy atom. The normalized spacial score (nSPS) is 17.2. The van der Waals surface area contributed by atoms with Gasteiger partial charge in [0.15, 0.2) is 0 Å². The molecule has 0 aliphatic carbocycles. The van der Waals surface area contributed by atoms with E-state index in [9.17, 15) is 10.1 Å². The SMILES string of the molecule is CC(C)C[C@H]1COCCN1C(=O)c1cccc(-c2cccnc2C#N)c1. The Morgan fingerprint density at radius 1 is 1.38 bits per heavy atom. The average Bonchev–Trinajstić information content (AvgIpc) is 2.67. The minimum absolute atomic E-state index is 0.0168. The topological polar surface area (TPSA) is 66.2 Å². The fourth-order valence-electron chi connectivity index (χ4n) is 3.37. The van der Waals surface area contributed by atoms with Crippen LogP contribution in [-0.4, -0.2) is 41.6 Å². The number of morpholine rings is 1. The Labute approximate surface area is 154 Å². The van der Waals surface area contributed by atoms with E-state index in [1.165, 1.54) is 0 Å². The van der Waals surface area contributed by atoms with Gasteiger partial charge in [-0.1, -0.05) is 26.0 Å². The van der Waals surface area contributed by atoms with E-state index in [2.05, 4.69) is 24.9 Å². The molecule has 134 valence electrons. The zero-order valence-corrected chi connectivity index (χ0v) is 15.2. The molecule has 1 aromatic heterocycles. The van der Waals surface area contributed by atoms with Gasteiger partial charge in [-0.3, -0.25) is 4.79 Å². The lowest BCUT2D eigenvalue weighted by molar-refractivity contribution is -0.00746. The van der Waals surface area contributed by atoms with Crippen LogP contribution >= 0.6 is 0 Å². The number of benzene rings is 1. The van der Waals surface area contributed by atoms with Crippen LogP contribution in [0.15, 0.2) is 42.6 Å². The maximum absolute atomic E-state index is 13.1. The highest BCUT2D eigenvalue weighted by atomic mass is 16.5. The van der Waals surface area contributed by atoms with E-state index in [1.54, 1.807) is 12.3 Å². The maximum atomic E-state index is 13.1. The number of rotatable bonds is 4. The van der Waals surface area contributed by atoms with Gasteiger partial charge in [-0.25, -0.2) is 4.98 Å². The number of nitriles is 1. The lowest BCUT2D eigenvalue weighted by Crippen LogP contribution is -2.49. The summed E-state index contributed by atoms with van der Waals surface area (Å²) >= 11 is 0. The fraction of sp³-hybridized carbons (Fsp3) is 0.381. The zero-order valence-electron chi connectivity index (χ0n) is 15.2. The van der Waals surface area contributed by atoms with Gasteiger partial charge < -0.3 is 9.64 Å². The van der Waals surface area contributed by atoms with Crippen molar-refractivity contribution in [2.24, 2.45) is 5.92 Å². The van der Waals surface area contributed by atoms with Crippen molar-refractivity contribution in [2.45, 2.75) is 26.3 Å². The molecule has 1 saturated heterocycles. The average molecular weight is 349 g/mol. The largest absolute Gasteiger partial charge is 0.377 e.